The molecule has 0 saturated carbocycles. The summed E-state index contributed by atoms with van der Waals surface area (Å²) in [6, 6.07) is 13.5. The van der Waals surface area contributed by atoms with Crippen molar-refractivity contribution in [3.8, 4) is 5.75 Å². The van der Waals surface area contributed by atoms with Gasteiger partial charge in [-0.1, -0.05) is 28.1 Å². The van der Waals surface area contributed by atoms with Crippen LogP contribution in [0.25, 0.3) is 11.0 Å². The van der Waals surface area contributed by atoms with Gasteiger partial charge in [0.2, 0.25) is 0 Å². The van der Waals surface area contributed by atoms with Crippen molar-refractivity contribution in [2.45, 2.75) is 13.0 Å². The van der Waals surface area contributed by atoms with E-state index >= 15 is 0 Å². The molecular weight excluding hydrogens is 330 g/mol. The van der Waals surface area contributed by atoms with Crippen molar-refractivity contribution in [2.24, 2.45) is 5.73 Å². The number of halogens is 1. The van der Waals surface area contributed by atoms with Crippen LogP contribution in [-0.2, 0) is 0 Å². The van der Waals surface area contributed by atoms with Crippen LogP contribution in [-0.4, -0.2) is 7.11 Å². The first-order valence-electron chi connectivity index (χ1n) is 6.68. The number of rotatable bonds is 3. The molecule has 0 radical (unpaired) electrons. The van der Waals surface area contributed by atoms with E-state index in [1.54, 1.807) is 7.11 Å². The Kier molecular flexibility index (Phi) is 3.74. The molecule has 0 aliphatic carbocycles. The van der Waals surface area contributed by atoms with Gasteiger partial charge in [-0.2, -0.15) is 0 Å². The van der Waals surface area contributed by atoms with Crippen LogP contribution in [0.15, 0.2) is 51.4 Å². The van der Waals surface area contributed by atoms with Crippen molar-refractivity contribution in [3.05, 3.63) is 63.8 Å². The summed E-state index contributed by atoms with van der Waals surface area (Å²) in [5, 5.41) is 1.04. The van der Waals surface area contributed by atoms with Crippen LogP contribution in [0, 0.1) is 6.92 Å². The van der Waals surface area contributed by atoms with Crippen LogP contribution in [0.2, 0.25) is 0 Å². The molecule has 0 aliphatic rings. The lowest BCUT2D eigenvalue weighted by molar-refractivity contribution is 0.415. The van der Waals surface area contributed by atoms with Gasteiger partial charge in [-0.05, 0) is 42.8 Å². The van der Waals surface area contributed by atoms with Crippen molar-refractivity contribution in [2.75, 3.05) is 7.11 Å². The van der Waals surface area contributed by atoms with Crippen LogP contribution < -0.4 is 10.5 Å². The van der Waals surface area contributed by atoms with E-state index in [1.807, 2.05) is 49.4 Å². The van der Waals surface area contributed by atoms with E-state index in [2.05, 4.69) is 15.9 Å². The predicted molar refractivity (Wildman–Crippen MR) is 87.7 cm³/mol. The number of benzene rings is 2. The van der Waals surface area contributed by atoms with E-state index in [4.69, 9.17) is 14.9 Å². The lowest BCUT2D eigenvalue weighted by Gasteiger charge is -2.10. The summed E-state index contributed by atoms with van der Waals surface area (Å²) in [6.45, 7) is 2.03. The average molecular weight is 346 g/mol. The molecule has 1 aromatic heterocycles. The Bertz CT molecular complexity index is 777. The van der Waals surface area contributed by atoms with E-state index in [9.17, 15) is 0 Å². The third-order valence-corrected chi connectivity index (χ3v) is 4.22. The fraction of sp³-hybridized carbons (Fsp3) is 0.176. The minimum absolute atomic E-state index is 0.281. The van der Waals surface area contributed by atoms with Gasteiger partial charge in [-0.25, -0.2) is 0 Å². The molecule has 3 rings (SSSR count). The maximum Gasteiger partial charge on any atom is 0.134 e. The minimum Gasteiger partial charge on any atom is -0.497 e. The topological polar surface area (TPSA) is 48.4 Å². The van der Waals surface area contributed by atoms with Crippen molar-refractivity contribution in [3.63, 3.8) is 0 Å². The van der Waals surface area contributed by atoms with Gasteiger partial charge >= 0.3 is 0 Å². The molecule has 0 spiro atoms. The maximum absolute atomic E-state index is 6.36. The Morgan fingerprint density at radius 1 is 1.14 bits per heavy atom. The van der Waals surface area contributed by atoms with E-state index in [1.165, 1.54) is 0 Å². The van der Waals surface area contributed by atoms with Gasteiger partial charge in [0, 0.05) is 15.4 Å². The molecule has 2 N–H and O–H groups in total. The highest BCUT2D eigenvalue weighted by atomic mass is 79.9. The van der Waals surface area contributed by atoms with Crippen molar-refractivity contribution < 1.29 is 9.15 Å². The number of ether oxygens (including phenoxy) is 1. The number of hydrogen-bond acceptors (Lipinski definition) is 3. The fourth-order valence-electron chi connectivity index (χ4n) is 2.46. The quantitative estimate of drug-likeness (QED) is 0.756. The van der Waals surface area contributed by atoms with Crippen LogP contribution in [0.4, 0.5) is 0 Å². The molecule has 0 amide bonds. The highest BCUT2D eigenvalue weighted by Gasteiger charge is 2.19. The average Bonchev–Trinajstić information content (AvgIpc) is 2.84. The molecule has 3 aromatic rings. The number of nitrogens with two attached hydrogens (primary N) is 1. The summed E-state index contributed by atoms with van der Waals surface area (Å²) in [7, 11) is 1.66. The number of furan rings is 1. The first-order valence-corrected chi connectivity index (χ1v) is 7.47. The Morgan fingerprint density at radius 2 is 1.86 bits per heavy atom. The lowest BCUT2D eigenvalue weighted by atomic mass is 10.0. The first kappa shape index (κ1) is 14.2. The fourth-order valence-corrected chi connectivity index (χ4v) is 2.73. The zero-order valence-electron chi connectivity index (χ0n) is 11.9. The largest absolute Gasteiger partial charge is 0.497 e. The van der Waals surface area contributed by atoms with E-state index < -0.39 is 0 Å². The zero-order valence-corrected chi connectivity index (χ0v) is 13.5. The molecule has 108 valence electrons. The highest BCUT2D eigenvalue weighted by Crippen LogP contribution is 2.33. The number of hydrogen-bond donors (Lipinski definition) is 1. The van der Waals surface area contributed by atoms with Crippen LogP contribution in [0.3, 0.4) is 0 Å². The lowest BCUT2D eigenvalue weighted by Crippen LogP contribution is -2.11. The van der Waals surface area contributed by atoms with Crippen LogP contribution in [0.5, 0.6) is 5.75 Å². The number of fused-ring (bicyclic) bond motifs is 1. The Morgan fingerprint density at radius 3 is 2.52 bits per heavy atom. The third kappa shape index (κ3) is 2.57. The van der Waals surface area contributed by atoms with Gasteiger partial charge in [-0.15, -0.1) is 0 Å². The normalized spacial score (nSPS) is 12.6. The first-order chi connectivity index (χ1) is 10.1. The molecule has 3 nitrogen and oxygen atoms in total. The monoisotopic (exact) mass is 345 g/mol. The van der Waals surface area contributed by atoms with Gasteiger partial charge < -0.3 is 14.9 Å². The molecular formula is C17H16BrNO2. The molecule has 0 bridgehead atoms. The summed E-state index contributed by atoms with van der Waals surface area (Å²) < 4.78 is 12.3. The van der Waals surface area contributed by atoms with E-state index in [-0.39, 0.29) is 6.04 Å². The molecule has 0 fully saturated rings. The van der Waals surface area contributed by atoms with Crippen molar-refractivity contribution >= 4 is 26.9 Å². The Hall–Kier alpha value is -1.78. The third-order valence-electron chi connectivity index (χ3n) is 3.69. The van der Waals surface area contributed by atoms with Gasteiger partial charge in [0.15, 0.2) is 0 Å². The SMILES string of the molecule is COc1ccc2oc(C(N)c3ccc(Br)cc3)c(C)c2c1. The molecule has 1 atom stereocenters. The summed E-state index contributed by atoms with van der Waals surface area (Å²) in [4.78, 5) is 0. The van der Waals surface area contributed by atoms with Gasteiger partial charge in [0.25, 0.3) is 0 Å². The maximum atomic E-state index is 6.36. The highest BCUT2D eigenvalue weighted by molar-refractivity contribution is 9.10. The standard InChI is InChI=1S/C17H16BrNO2/c1-10-14-9-13(20-2)7-8-15(14)21-17(10)16(19)11-3-5-12(18)6-4-11/h3-9,16H,19H2,1-2H3. The van der Waals surface area contributed by atoms with Crippen molar-refractivity contribution in [1.82, 2.24) is 0 Å². The Balaban J connectivity index is 2.07. The minimum atomic E-state index is -0.281. The van der Waals surface area contributed by atoms with Gasteiger partial charge in [0.05, 0.1) is 13.2 Å². The second-order valence-corrected chi connectivity index (χ2v) is 5.90. The summed E-state index contributed by atoms with van der Waals surface area (Å²) >= 11 is 3.43. The second-order valence-electron chi connectivity index (χ2n) is 4.98. The number of methoxy groups -OCH3 is 1. The van der Waals surface area contributed by atoms with E-state index in [0.717, 1.165) is 38.1 Å². The summed E-state index contributed by atoms with van der Waals surface area (Å²) in [5.74, 6) is 1.61. The molecule has 4 heteroatoms. The summed E-state index contributed by atoms with van der Waals surface area (Å²) in [6.07, 6.45) is 0. The molecule has 1 heterocycles. The van der Waals surface area contributed by atoms with Crippen LogP contribution in [0.1, 0.15) is 22.9 Å². The molecule has 0 aliphatic heterocycles. The van der Waals surface area contributed by atoms with Gasteiger partial charge in [-0.3, -0.25) is 0 Å². The molecule has 21 heavy (non-hydrogen) atoms. The summed E-state index contributed by atoms with van der Waals surface area (Å²) in [5.41, 5.74) is 9.27. The zero-order chi connectivity index (χ0) is 15.0. The van der Waals surface area contributed by atoms with Crippen molar-refractivity contribution in [1.29, 1.82) is 0 Å². The van der Waals surface area contributed by atoms with Crippen LogP contribution >= 0.6 is 15.9 Å². The predicted octanol–water partition coefficient (Wildman–Crippen LogP) is 4.56. The second kappa shape index (κ2) is 5.54. The smallest absolute Gasteiger partial charge is 0.134 e. The molecule has 1 unspecified atom stereocenters. The molecule has 0 saturated heterocycles. The van der Waals surface area contributed by atoms with Gasteiger partial charge in [0.1, 0.15) is 17.1 Å². The molecule has 2 aromatic carbocycles. The Labute approximate surface area is 131 Å². The number of aryl methyl sites for hydroxylation is 1. The van der Waals surface area contributed by atoms with E-state index in [0.29, 0.717) is 0 Å².